The zero-order chi connectivity index (χ0) is 15.1. The maximum atomic E-state index is 12.3. The van der Waals surface area contributed by atoms with Gasteiger partial charge in [0.25, 0.3) is 0 Å². The number of fused-ring (bicyclic) bond motifs is 1. The second-order valence-corrected chi connectivity index (χ2v) is 6.44. The second-order valence-electron chi connectivity index (χ2n) is 6.44. The van der Waals surface area contributed by atoms with Crippen LogP contribution in [0.3, 0.4) is 0 Å². The highest BCUT2D eigenvalue weighted by atomic mass is 16.5. The van der Waals surface area contributed by atoms with Gasteiger partial charge in [-0.1, -0.05) is 18.2 Å². The number of piperazine rings is 1. The van der Waals surface area contributed by atoms with Crippen molar-refractivity contribution in [3.63, 3.8) is 0 Å². The van der Waals surface area contributed by atoms with Crippen molar-refractivity contribution in [2.75, 3.05) is 26.2 Å². The molecular weight excluding hydrogens is 268 g/mol. The summed E-state index contributed by atoms with van der Waals surface area (Å²) in [4.78, 5) is 14.4. The molecule has 2 N–H and O–H groups in total. The van der Waals surface area contributed by atoms with Crippen molar-refractivity contribution in [1.29, 1.82) is 0 Å². The summed E-state index contributed by atoms with van der Waals surface area (Å²) in [6.07, 6.45) is 0.451. The van der Waals surface area contributed by atoms with Crippen LogP contribution in [0.25, 0.3) is 0 Å². The molecule has 1 atom stereocenters. The number of carbonyl (C=O) groups is 1. The molecule has 0 radical (unpaired) electrons. The van der Waals surface area contributed by atoms with Crippen LogP contribution in [0.2, 0.25) is 0 Å². The molecule has 0 aromatic heterocycles. The van der Waals surface area contributed by atoms with E-state index in [1.807, 2.05) is 38.1 Å². The van der Waals surface area contributed by atoms with Gasteiger partial charge < -0.3 is 15.2 Å². The predicted octanol–water partition coefficient (Wildman–Crippen LogP) is 1.43. The molecule has 0 spiro atoms. The molecule has 0 amide bonds. The highest BCUT2D eigenvalue weighted by Crippen LogP contribution is 2.47. The molecule has 5 nitrogen and oxygen atoms in total. The number of ether oxygens (including phenoxy) is 1. The van der Waals surface area contributed by atoms with Crippen LogP contribution in [0.1, 0.15) is 25.8 Å². The van der Waals surface area contributed by atoms with E-state index in [2.05, 4.69) is 10.2 Å². The minimum absolute atomic E-state index is 0.451. The summed E-state index contributed by atoms with van der Waals surface area (Å²) in [6, 6.07) is 7.54. The number of para-hydroxylation sites is 1. The molecule has 21 heavy (non-hydrogen) atoms. The summed E-state index contributed by atoms with van der Waals surface area (Å²) in [5, 5.41) is 13.4. The first-order chi connectivity index (χ1) is 9.96. The number of hydrogen-bond acceptors (Lipinski definition) is 4. The van der Waals surface area contributed by atoms with E-state index in [9.17, 15) is 9.90 Å². The molecule has 0 bridgehead atoms. The van der Waals surface area contributed by atoms with Crippen molar-refractivity contribution in [3.8, 4) is 5.75 Å². The fourth-order valence-corrected chi connectivity index (χ4v) is 3.60. The fourth-order valence-electron chi connectivity index (χ4n) is 3.60. The van der Waals surface area contributed by atoms with Gasteiger partial charge in [0.15, 0.2) is 5.54 Å². The molecule has 114 valence electrons. The van der Waals surface area contributed by atoms with Crippen LogP contribution < -0.4 is 10.1 Å². The molecule has 1 saturated heterocycles. The maximum Gasteiger partial charge on any atom is 0.329 e. The minimum Gasteiger partial charge on any atom is -0.487 e. The molecule has 0 saturated carbocycles. The fraction of sp³-hybridized carbons (Fsp3) is 0.562. The largest absolute Gasteiger partial charge is 0.487 e. The second kappa shape index (κ2) is 5.00. The summed E-state index contributed by atoms with van der Waals surface area (Å²) in [7, 11) is 0. The van der Waals surface area contributed by atoms with Crippen molar-refractivity contribution in [1.82, 2.24) is 10.2 Å². The van der Waals surface area contributed by atoms with E-state index in [0.29, 0.717) is 12.2 Å². The molecule has 5 heteroatoms. The van der Waals surface area contributed by atoms with Gasteiger partial charge in [0.05, 0.1) is 0 Å². The highest BCUT2D eigenvalue weighted by Gasteiger charge is 2.54. The summed E-state index contributed by atoms with van der Waals surface area (Å²) in [5.41, 5.74) is -0.725. The maximum absolute atomic E-state index is 12.3. The standard InChI is InChI=1S/C16H22N2O3/c1-15(2)11-16(14(19)20,18-9-7-17-8-10-18)12-5-3-4-6-13(12)21-15/h3-6,17H,7-11H2,1-2H3,(H,19,20). The Hall–Kier alpha value is -1.59. The van der Waals surface area contributed by atoms with Crippen LogP contribution in [0.5, 0.6) is 5.75 Å². The van der Waals surface area contributed by atoms with E-state index in [4.69, 9.17) is 4.74 Å². The first kappa shape index (κ1) is 14.4. The van der Waals surface area contributed by atoms with E-state index < -0.39 is 17.1 Å². The first-order valence-corrected chi connectivity index (χ1v) is 7.43. The van der Waals surface area contributed by atoms with Gasteiger partial charge in [-0.3, -0.25) is 4.90 Å². The van der Waals surface area contributed by atoms with E-state index >= 15 is 0 Å². The molecule has 1 aromatic carbocycles. The van der Waals surface area contributed by atoms with Crippen molar-refractivity contribution in [2.24, 2.45) is 0 Å². The van der Waals surface area contributed by atoms with Crippen molar-refractivity contribution < 1.29 is 14.6 Å². The van der Waals surface area contributed by atoms with Gasteiger partial charge in [0, 0.05) is 38.2 Å². The highest BCUT2D eigenvalue weighted by molar-refractivity contribution is 5.82. The molecule has 3 rings (SSSR count). The molecule has 2 aliphatic rings. The average Bonchev–Trinajstić information content (AvgIpc) is 2.46. The number of aliphatic carboxylic acids is 1. The SMILES string of the molecule is CC1(C)CC(C(=O)O)(N2CCNCC2)c2ccccc2O1. The van der Waals surface area contributed by atoms with Crippen LogP contribution in [-0.4, -0.2) is 47.8 Å². The van der Waals surface area contributed by atoms with Crippen molar-refractivity contribution in [2.45, 2.75) is 31.4 Å². The lowest BCUT2D eigenvalue weighted by Gasteiger charge is -2.50. The van der Waals surface area contributed by atoms with Gasteiger partial charge in [-0.2, -0.15) is 0 Å². The number of carboxylic acid groups (broad SMARTS) is 1. The third-order valence-corrected chi connectivity index (χ3v) is 4.41. The summed E-state index contributed by atoms with van der Waals surface area (Å²) < 4.78 is 6.01. The van der Waals surface area contributed by atoms with Crippen LogP contribution in [-0.2, 0) is 10.3 Å². The van der Waals surface area contributed by atoms with Crippen LogP contribution in [0.15, 0.2) is 24.3 Å². The van der Waals surface area contributed by atoms with E-state index in [1.54, 1.807) is 0 Å². The Morgan fingerprint density at radius 2 is 1.95 bits per heavy atom. The van der Waals surface area contributed by atoms with Crippen molar-refractivity contribution >= 4 is 5.97 Å². The molecule has 1 unspecified atom stereocenters. The van der Waals surface area contributed by atoms with Gasteiger partial charge in [-0.15, -0.1) is 0 Å². The zero-order valence-corrected chi connectivity index (χ0v) is 12.6. The third kappa shape index (κ3) is 2.30. The Kier molecular flexibility index (Phi) is 3.42. The number of nitrogens with zero attached hydrogens (tertiary/aromatic N) is 1. The number of hydrogen-bond donors (Lipinski definition) is 2. The van der Waals surface area contributed by atoms with E-state index in [-0.39, 0.29) is 0 Å². The Bertz CT molecular complexity index is 552. The normalized spacial score (nSPS) is 28.5. The molecule has 2 aliphatic heterocycles. The predicted molar refractivity (Wildman–Crippen MR) is 79.5 cm³/mol. The quantitative estimate of drug-likeness (QED) is 0.863. The zero-order valence-electron chi connectivity index (χ0n) is 12.6. The lowest BCUT2D eigenvalue weighted by atomic mass is 9.76. The topological polar surface area (TPSA) is 61.8 Å². The molecule has 0 aliphatic carbocycles. The lowest BCUT2D eigenvalue weighted by molar-refractivity contribution is -0.160. The van der Waals surface area contributed by atoms with Crippen molar-refractivity contribution in [3.05, 3.63) is 29.8 Å². The Morgan fingerprint density at radius 3 is 2.62 bits per heavy atom. The molecule has 2 heterocycles. The van der Waals surface area contributed by atoms with Gasteiger partial charge in [0.1, 0.15) is 11.4 Å². The van der Waals surface area contributed by atoms with Gasteiger partial charge in [-0.25, -0.2) is 4.79 Å². The third-order valence-electron chi connectivity index (χ3n) is 4.41. The Labute approximate surface area is 124 Å². The summed E-state index contributed by atoms with van der Waals surface area (Å²) in [6.45, 7) is 7.02. The number of benzene rings is 1. The average molecular weight is 290 g/mol. The molecule has 1 aromatic rings. The number of carboxylic acids is 1. The lowest BCUT2D eigenvalue weighted by Crippen LogP contribution is -2.62. The first-order valence-electron chi connectivity index (χ1n) is 7.43. The van der Waals surface area contributed by atoms with Crippen LogP contribution >= 0.6 is 0 Å². The smallest absolute Gasteiger partial charge is 0.329 e. The number of nitrogens with one attached hydrogen (secondary N) is 1. The minimum atomic E-state index is -1.000. The monoisotopic (exact) mass is 290 g/mol. The van der Waals surface area contributed by atoms with E-state index in [1.165, 1.54) is 0 Å². The van der Waals surface area contributed by atoms with Gasteiger partial charge in [-0.05, 0) is 19.9 Å². The van der Waals surface area contributed by atoms with Crippen LogP contribution in [0.4, 0.5) is 0 Å². The van der Waals surface area contributed by atoms with E-state index in [0.717, 1.165) is 31.7 Å². The van der Waals surface area contributed by atoms with Crippen LogP contribution in [0, 0.1) is 0 Å². The Balaban J connectivity index is 2.16. The molecular formula is C16H22N2O3. The Morgan fingerprint density at radius 1 is 1.29 bits per heavy atom. The summed E-state index contributed by atoms with van der Waals surface area (Å²) >= 11 is 0. The molecule has 1 fully saturated rings. The van der Waals surface area contributed by atoms with Gasteiger partial charge >= 0.3 is 5.97 Å². The van der Waals surface area contributed by atoms with Gasteiger partial charge in [0.2, 0.25) is 0 Å². The summed E-state index contributed by atoms with van der Waals surface area (Å²) in [5.74, 6) is -0.0945. The number of rotatable bonds is 2.